The number of ether oxygens (including phenoxy) is 1. The molecule has 6 nitrogen and oxygen atoms in total. The van der Waals surface area contributed by atoms with E-state index in [1.165, 1.54) is 11.3 Å². The number of aromatic nitrogens is 1. The van der Waals surface area contributed by atoms with Crippen LogP contribution in [0.4, 0.5) is 0 Å². The van der Waals surface area contributed by atoms with E-state index in [-0.39, 0.29) is 24.1 Å². The Balaban J connectivity index is 1.88. The first kappa shape index (κ1) is 17.4. The van der Waals surface area contributed by atoms with Crippen molar-refractivity contribution in [1.29, 1.82) is 0 Å². The van der Waals surface area contributed by atoms with Gasteiger partial charge in [-0.3, -0.25) is 9.59 Å². The number of amides is 2. The van der Waals surface area contributed by atoms with Crippen LogP contribution in [0, 0.1) is 0 Å². The summed E-state index contributed by atoms with van der Waals surface area (Å²) in [6, 6.07) is 7.21. The number of halogens is 1. The smallest absolute Gasteiger partial charge is 0.271 e. The fourth-order valence-corrected chi connectivity index (χ4v) is 2.64. The van der Waals surface area contributed by atoms with Gasteiger partial charge in [-0.1, -0.05) is 23.7 Å². The van der Waals surface area contributed by atoms with Gasteiger partial charge in [-0.2, -0.15) is 0 Å². The number of rotatable bonds is 7. The van der Waals surface area contributed by atoms with Gasteiger partial charge in [-0.15, -0.1) is 11.3 Å². The first-order chi connectivity index (χ1) is 11.1. The van der Waals surface area contributed by atoms with Gasteiger partial charge in [0.15, 0.2) is 0 Å². The number of nitrogens with zero attached hydrogens (tertiary/aromatic N) is 1. The van der Waals surface area contributed by atoms with Crippen LogP contribution < -0.4 is 10.6 Å². The average molecular weight is 354 g/mol. The van der Waals surface area contributed by atoms with Crippen molar-refractivity contribution in [2.75, 3.05) is 26.8 Å². The van der Waals surface area contributed by atoms with Crippen molar-refractivity contribution in [3.63, 3.8) is 0 Å². The molecule has 0 spiro atoms. The predicted octanol–water partition coefficient (Wildman–Crippen LogP) is 1.96. The molecule has 0 radical (unpaired) electrons. The fraction of sp³-hybridized carbons (Fsp3) is 0.267. The Hall–Kier alpha value is -1.96. The van der Waals surface area contributed by atoms with Crippen molar-refractivity contribution in [2.24, 2.45) is 0 Å². The SMILES string of the molecule is COCCNC(=O)CNC(=O)c1csc(-c2ccc(Cl)cc2)n1. The molecule has 1 aromatic heterocycles. The Morgan fingerprint density at radius 2 is 2.00 bits per heavy atom. The topological polar surface area (TPSA) is 80.3 Å². The molecule has 0 unspecified atom stereocenters. The van der Waals surface area contributed by atoms with Gasteiger partial charge in [0.05, 0.1) is 13.2 Å². The van der Waals surface area contributed by atoms with Crippen LogP contribution in [0.1, 0.15) is 10.5 Å². The van der Waals surface area contributed by atoms with E-state index >= 15 is 0 Å². The number of hydrogen-bond acceptors (Lipinski definition) is 5. The van der Waals surface area contributed by atoms with E-state index in [0.717, 1.165) is 10.6 Å². The molecule has 0 fully saturated rings. The van der Waals surface area contributed by atoms with Crippen molar-refractivity contribution in [2.45, 2.75) is 0 Å². The Morgan fingerprint density at radius 1 is 1.26 bits per heavy atom. The molecule has 2 N–H and O–H groups in total. The Kier molecular flexibility index (Phi) is 6.52. The van der Waals surface area contributed by atoms with Gasteiger partial charge in [-0.25, -0.2) is 4.98 Å². The van der Waals surface area contributed by atoms with Crippen LogP contribution >= 0.6 is 22.9 Å². The summed E-state index contributed by atoms with van der Waals surface area (Å²) in [6.45, 7) is 0.731. The molecule has 2 rings (SSSR count). The summed E-state index contributed by atoms with van der Waals surface area (Å²) in [5.41, 5.74) is 1.17. The molecule has 0 atom stereocenters. The van der Waals surface area contributed by atoms with E-state index in [4.69, 9.17) is 16.3 Å². The molecular weight excluding hydrogens is 338 g/mol. The van der Waals surface area contributed by atoms with Crippen molar-refractivity contribution < 1.29 is 14.3 Å². The molecular formula is C15H16ClN3O3S. The molecule has 8 heteroatoms. The largest absolute Gasteiger partial charge is 0.383 e. The van der Waals surface area contributed by atoms with Crippen molar-refractivity contribution in [3.8, 4) is 10.6 Å². The summed E-state index contributed by atoms with van der Waals surface area (Å²) in [5.74, 6) is -0.660. The lowest BCUT2D eigenvalue weighted by Gasteiger charge is -2.05. The van der Waals surface area contributed by atoms with Crippen molar-refractivity contribution >= 4 is 34.8 Å². The quantitative estimate of drug-likeness (QED) is 0.746. The predicted molar refractivity (Wildman–Crippen MR) is 89.8 cm³/mol. The summed E-state index contributed by atoms with van der Waals surface area (Å²) in [5, 5.41) is 8.16. The highest BCUT2D eigenvalue weighted by molar-refractivity contribution is 7.13. The molecule has 0 aliphatic carbocycles. The lowest BCUT2D eigenvalue weighted by Crippen LogP contribution is -2.38. The molecule has 0 saturated carbocycles. The number of hydrogen-bond donors (Lipinski definition) is 2. The lowest BCUT2D eigenvalue weighted by atomic mass is 10.2. The zero-order chi connectivity index (χ0) is 16.7. The van der Waals surface area contributed by atoms with Gasteiger partial charge in [-0.05, 0) is 12.1 Å². The summed E-state index contributed by atoms with van der Waals surface area (Å²) >= 11 is 7.20. The second kappa shape index (κ2) is 8.61. The van der Waals surface area contributed by atoms with Crippen LogP contribution in [0.25, 0.3) is 10.6 Å². The highest BCUT2D eigenvalue weighted by atomic mass is 35.5. The number of benzene rings is 1. The van der Waals surface area contributed by atoms with Gasteiger partial charge in [0.1, 0.15) is 10.7 Å². The molecule has 23 heavy (non-hydrogen) atoms. The van der Waals surface area contributed by atoms with E-state index in [0.29, 0.717) is 18.2 Å². The maximum atomic E-state index is 12.0. The van der Waals surface area contributed by atoms with E-state index in [9.17, 15) is 9.59 Å². The fourth-order valence-electron chi connectivity index (χ4n) is 1.71. The monoisotopic (exact) mass is 353 g/mol. The number of nitrogens with one attached hydrogen (secondary N) is 2. The highest BCUT2D eigenvalue weighted by Crippen LogP contribution is 2.24. The van der Waals surface area contributed by atoms with Crippen LogP contribution in [0.3, 0.4) is 0 Å². The summed E-state index contributed by atoms with van der Waals surface area (Å²) in [6.07, 6.45) is 0. The molecule has 1 heterocycles. The second-order valence-electron chi connectivity index (χ2n) is 4.57. The van der Waals surface area contributed by atoms with E-state index in [1.54, 1.807) is 24.6 Å². The molecule has 0 aliphatic rings. The zero-order valence-corrected chi connectivity index (χ0v) is 14.0. The minimum Gasteiger partial charge on any atom is -0.383 e. The molecule has 2 amide bonds. The van der Waals surface area contributed by atoms with Crippen LogP contribution in [-0.4, -0.2) is 43.6 Å². The van der Waals surface area contributed by atoms with Gasteiger partial charge in [0.2, 0.25) is 5.91 Å². The maximum Gasteiger partial charge on any atom is 0.271 e. The standard InChI is InChI=1S/C15H16ClN3O3S/c1-22-7-6-17-13(20)8-18-14(21)12-9-23-15(19-12)10-2-4-11(16)5-3-10/h2-5,9H,6-8H2,1H3,(H,17,20)(H,18,21). The second-order valence-corrected chi connectivity index (χ2v) is 5.86. The summed E-state index contributed by atoms with van der Waals surface area (Å²) in [7, 11) is 1.55. The Labute approximate surface area is 142 Å². The number of carbonyl (C=O) groups is 2. The molecule has 0 aliphatic heterocycles. The third kappa shape index (κ3) is 5.31. The van der Waals surface area contributed by atoms with E-state index < -0.39 is 0 Å². The summed E-state index contributed by atoms with van der Waals surface area (Å²) in [4.78, 5) is 27.8. The molecule has 0 saturated heterocycles. The van der Waals surface area contributed by atoms with Crippen LogP contribution in [0.5, 0.6) is 0 Å². The molecule has 1 aromatic carbocycles. The van der Waals surface area contributed by atoms with E-state index in [1.807, 2.05) is 12.1 Å². The molecule has 122 valence electrons. The highest BCUT2D eigenvalue weighted by Gasteiger charge is 2.12. The van der Waals surface area contributed by atoms with Gasteiger partial charge < -0.3 is 15.4 Å². The van der Waals surface area contributed by atoms with E-state index in [2.05, 4.69) is 15.6 Å². The summed E-state index contributed by atoms with van der Waals surface area (Å²) < 4.78 is 4.82. The zero-order valence-electron chi connectivity index (χ0n) is 12.5. The number of methoxy groups -OCH3 is 1. The third-order valence-electron chi connectivity index (χ3n) is 2.87. The first-order valence-electron chi connectivity index (χ1n) is 6.85. The minimum absolute atomic E-state index is 0.101. The lowest BCUT2D eigenvalue weighted by molar-refractivity contribution is -0.120. The van der Waals surface area contributed by atoms with Gasteiger partial charge >= 0.3 is 0 Å². The first-order valence-corrected chi connectivity index (χ1v) is 8.11. The average Bonchev–Trinajstić information content (AvgIpc) is 3.03. The van der Waals surface area contributed by atoms with Crippen LogP contribution in [0.15, 0.2) is 29.6 Å². The minimum atomic E-state index is -0.386. The normalized spacial score (nSPS) is 10.3. The Bertz CT molecular complexity index is 673. The van der Waals surface area contributed by atoms with Crippen molar-refractivity contribution in [1.82, 2.24) is 15.6 Å². The van der Waals surface area contributed by atoms with Crippen LogP contribution in [-0.2, 0) is 9.53 Å². The van der Waals surface area contributed by atoms with Crippen LogP contribution in [0.2, 0.25) is 5.02 Å². The van der Waals surface area contributed by atoms with Gasteiger partial charge in [0.25, 0.3) is 5.91 Å². The molecule has 0 bridgehead atoms. The van der Waals surface area contributed by atoms with Crippen molar-refractivity contribution in [3.05, 3.63) is 40.4 Å². The number of carbonyl (C=O) groups excluding carboxylic acids is 2. The third-order valence-corrected chi connectivity index (χ3v) is 4.01. The molecule has 2 aromatic rings. The number of thiazole rings is 1. The van der Waals surface area contributed by atoms with Gasteiger partial charge in [0, 0.05) is 29.6 Å². The maximum absolute atomic E-state index is 12.0. The Morgan fingerprint density at radius 3 is 2.70 bits per heavy atom.